The number of aryl methyl sites for hydroxylation is 1. The molecule has 0 spiro atoms. The van der Waals surface area contributed by atoms with Crippen LogP contribution in [0, 0.1) is 10.1 Å². The highest BCUT2D eigenvalue weighted by atomic mass is 32.1. The molecule has 0 saturated carbocycles. The van der Waals surface area contributed by atoms with Gasteiger partial charge in [-0.2, -0.15) is 0 Å². The second kappa shape index (κ2) is 8.02. The van der Waals surface area contributed by atoms with Crippen LogP contribution >= 0.6 is 34.0 Å². The van der Waals surface area contributed by atoms with E-state index in [9.17, 15) is 14.9 Å². The summed E-state index contributed by atoms with van der Waals surface area (Å²) in [5, 5.41) is 16.7. The van der Waals surface area contributed by atoms with Gasteiger partial charge in [0.25, 0.3) is 11.6 Å². The number of fused-ring (bicyclic) bond motifs is 3. The standard InChI is InChI=1S/C24H17N3O3S3/c28-22(20-12-13-11-14(27(29)30)9-10-17(13)31-20)26-24-21(15-5-1-3-7-18(15)32-24)23-25-16-6-2-4-8-19(16)33-23/h2,4,6,8-12H,1,3,5,7H2,(H,26,28). The Morgan fingerprint density at radius 1 is 1.00 bits per heavy atom. The van der Waals surface area contributed by atoms with E-state index in [-0.39, 0.29) is 11.6 Å². The lowest BCUT2D eigenvalue weighted by atomic mass is 9.96. The first-order chi connectivity index (χ1) is 16.1. The zero-order chi connectivity index (χ0) is 22.5. The Balaban J connectivity index is 1.40. The molecule has 3 aromatic heterocycles. The van der Waals surface area contributed by atoms with E-state index >= 15 is 0 Å². The minimum absolute atomic E-state index is 0.0244. The smallest absolute Gasteiger partial charge is 0.270 e. The van der Waals surface area contributed by atoms with E-state index in [0.29, 0.717) is 10.3 Å². The average Bonchev–Trinajstić information content (AvgIpc) is 3.52. The van der Waals surface area contributed by atoms with Crippen molar-refractivity contribution in [3.63, 3.8) is 0 Å². The number of nitrogens with one attached hydrogen (secondary N) is 1. The van der Waals surface area contributed by atoms with Crippen LogP contribution in [0.5, 0.6) is 0 Å². The summed E-state index contributed by atoms with van der Waals surface area (Å²) in [4.78, 5) is 30.6. The quantitative estimate of drug-likeness (QED) is 0.211. The minimum atomic E-state index is -0.419. The third-order valence-electron chi connectivity index (χ3n) is 5.84. The van der Waals surface area contributed by atoms with Crippen LogP contribution in [0.2, 0.25) is 0 Å². The molecule has 0 radical (unpaired) electrons. The van der Waals surface area contributed by atoms with Gasteiger partial charge in [0.2, 0.25) is 0 Å². The fourth-order valence-electron chi connectivity index (χ4n) is 4.28. The number of nitro groups is 1. The van der Waals surface area contributed by atoms with Gasteiger partial charge >= 0.3 is 0 Å². The number of hydrogen-bond acceptors (Lipinski definition) is 7. The highest BCUT2D eigenvalue weighted by Crippen LogP contribution is 2.46. The van der Waals surface area contributed by atoms with Gasteiger partial charge in [-0.25, -0.2) is 4.98 Å². The van der Waals surface area contributed by atoms with Crippen LogP contribution in [0.4, 0.5) is 10.7 Å². The molecule has 6 rings (SSSR count). The van der Waals surface area contributed by atoms with Crippen LogP contribution in [0.25, 0.3) is 30.9 Å². The Morgan fingerprint density at radius 2 is 1.85 bits per heavy atom. The monoisotopic (exact) mass is 491 g/mol. The number of thiophene rings is 2. The molecule has 1 N–H and O–H groups in total. The lowest BCUT2D eigenvalue weighted by Crippen LogP contribution is -2.09. The molecule has 1 aliphatic carbocycles. The highest BCUT2D eigenvalue weighted by molar-refractivity contribution is 7.23. The molecule has 0 fully saturated rings. The Labute approximate surface area is 200 Å². The molecular weight excluding hydrogens is 474 g/mol. The van der Waals surface area contributed by atoms with Crippen molar-refractivity contribution < 1.29 is 9.72 Å². The van der Waals surface area contributed by atoms with Crippen molar-refractivity contribution in [1.29, 1.82) is 0 Å². The van der Waals surface area contributed by atoms with Gasteiger partial charge in [-0.1, -0.05) is 12.1 Å². The number of nitrogens with zero attached hydrogens (tertiary/aromatic N) is 2. The second-order valence-electron chi connectivity index (χ2n) is 7.95. The van der Waals surface area contributed by atoms with Crippen LogP contribution in [-0.4, -0.2) is 15.8 Å². The van der Waals surface area contributed by atoms with Gasteiger partial charge in [0.1, 0.15) is 10.0 Å². The van der Waals surface area contributed by atoms with Crippen molar-refractivity contribution >= 4 is 70.9 Å². The number of hydrogen-bond donors (Lipinski definition) is 1. The highest BCUT2D eigenvalue weighted by Gasteiger charge is 2.26. The van der Waals surface area contributed by atoms with Gasteiger partial charge in [-0.15, -0.1) is 34.0 Å². The SMILES string of the molecule is O=C(Nc1sc2c(c1-c1nc3ccccc3s1)CCCC2)c1cc2cc([N+](=O)[O-])ccc2s1. The van der Waals surface area contributed by atoms with E-state index < -0.39 is 4.92 Å². The fraction of sp³-hybridized carbons (Fsp3) is 0.167. The van der Waals surface area contributed by atoms with Crippen molar-refractivity contribution in [3.8, 4) is 10.6 Å². The summed E-state index contributed by atoms with van der Waals surface area (Å²) < 4.78 is 1.98. The summed E-state index contributed by atoms with van der Waals surface area (Å²) in [5.74, 6) is -0.195. The topological polar surface area (TPSA) is 85.1 Å². The molecule has 164 valence electrons. The van der Waals surface area contributed by atoms with E-state index in [1.165, 1.54) is 33.9 Å². The number of aromatic nitrogens is 1. The maximum absolute atomic E-state index is 13.2. The molecule has 0 aliphatic heterocycles. The summed E-state index contributed by atoms with van der Waals surface area (Å²) in [7, 11) is 0. The van der Waals surface area contributed by atoms with E-state index in [1.807, 2.05) is 18.2 Å². The summed E-state index contributed by atoms with van der Waals surface area (Å²) in [6.45, 7) is 0. The number of nitro benzene ring substituents is 1. The second-order valence-corrected chi connectivity index (χ2v) is 11.2. The molecule has 0 bridgehead atoms. The number of carbonyl (C=O) groups excluding carboxylic acids is 1. The summed E-state index contributed by atoms with van der Waals surface area (Å²) in [5.41, 5.74) is 3.36. The Hall–Kier alpha value is -3.14. The first-order valence-electron chi connectivity index (χ1n) is 10.6. The third-order valence-corrected chi connectivity index (χ3v) is 9.22. The van der Waals surface area contributed by atoms with Gasteiger partial charge in [0, 0.05) is 32.7 Å². The van der Waals surface area contributed by atoms with Crippen LogP contribution in [0.1, 0.15) is 33.0 Å². The zero-order valence-electron chi connectivity index (χ0n) is 17.3. The van der Waals surface area contributed by atoms with Gasteiger partial charge in [-0.05, 0) is 55.5 Å². The Kier molecular flexibility index (Phi) is 4.97. The van der Waals surface area contributed by atoms with E-state index in [4.69, 9.17) is 4.98 Å². The Morgan fingerprint density at radius 3 is 2.70 bits per heavy atom. The zero-order valence-corrected chi connectivity index (χ0v) is 19.7. The minimum Gasteiger partial charge on any atom is -0.312 e. The molecule has 6 nitrogen and oxygen atoms in total. The van der Waals surface area contributed by atoms with Gasteiger partial charge in [-0.3, -0.25) is 14.9 Å². The number of anilines is 1. The maximum atomic E-state index is 13.2. The van der Waals surface area contributed by atoms with Gasteiger partial charge in [0.15, 0.2) is 0 Å². The molecule has 0 unspecified atom stereocenters. The molecule has 1 amide bonds. The van der Waals surface area contributed by atoms with E-state index in [2.05, 4.69) is 11.4 Å². The lowest BCUT2D eigenvalue weighted by molar-refractivity contribution is -0.384. The first kappa shape index (κ1) is 20.5. The summed E-state index contributed by atoms with van der Waals surface area (Å²) in [6.07, 6.45) is 4.33. The molecule has 9 heteroatoms. The number of thiazole rings is 1. The normalized spacial score (nSPS) is 13.3. The van der Waals surface area contributed by atoms with Crippen LogP contribution in [0.3, 0.4) is 0 Å². The van der Waals surface area contributed by atoms with Crippen molar-refractivity contribution in [2.45, 2.75) is 25.7 Å². The largest absolute Gasteiger partial charge is 0.312 e. The molecule has 33 heavy (non-hydrogen) atoms. The summed E-state index contributed by atoms with van der Waals surface area (Å²) >= 11 is 4.65. The molecule has 3 heterocycles. The molecule has 2 aromatic carbocycles. The number of rotatable bonds is 4. The van der Waals surface area contributed by atoms with Crippen molar-refractivity contribution in [2.24, 2.45) is 0 Å². The van der Waals surface area contributed by atoms with E-state index in [0.717, 1.165) is 56.2 Å². The van der Waals surface area contributed by atoms with Crippen LogP contribution in [0.15, 0.2) is 48.5 Å². The number of para-hydroxylation sites is 1. The average molecular weight is 492 g/mol. The van der Waals surface area contributed by atoms with Crippen LogP contribution in [-0.2, 0) is 12.8 Å². The number of benzene rings is 2. The molecule has 0 saturated heterocycles. The van der Waals surface area contributed by atoms with E-state index in [1.54, 1.807) is 34.8 Å². The Bertz CT molecular complexity index is 1530. The van der Waals surface area contributed by atoms with Crippen molar-refractivity contribution in [2.75, 3.05) is 5.32 Å². The van der Waals surface area contributed by atoms with Gasteiger partial charge < -0.3 is 5.32 Å². The van der Waals surface area contributed by atoms with Crippen molar-refractivity contribution in [1.82, 2.24) is 4.98 Å². The van der Waals surface area contributed by atoms with Gasteiger partial charge in [0.05, 0.1) is 20.0 Å². The predicted molar refractivity (Wildman–Crippen MR) is 136 cm³/mol. The number of non-ortho nitro benzene ring substituents is 1. The summed E-state index contributed by atoms with van der Waals surface area (Å²) in [6, 6.07) is 14.5. The maximum Gasteiger partial charge on any atom is 0.270 e. The van der Waals surface area contributed by atoms with Crippen LogP contribution < -0.4 is 5.32 Å². The molecule has 1 aliphatic rings. The molecular formula is C24H17N3O3S3. The lowest BCUT2D eigenvalue weighted by Gasteiger charge is -2.11. The molecule has 5 aromatic rings. The van der Waals surface area contributed by atoms with Crippen molar-refractivity contribution in [3.05, 3.63) is 74.0 Å². The fourth-order valence-corrected chi connectivity index (χ4v) is 7.61. The molecule has 0 atom stereocenters. The number of amides is 1. The first-order valence-corrected chi connectivity index (χ1v) is 13.0. The third kappa shape index (κ3) is 3.62. The number of carbonyl (C=O) groups is 1. The predicted octanol–water partition coefficient (Wildman–Crippen LogP) is 7.28.